The van der Waals surface area contributed by atoms with E-state index in [2.05, 4.69) is 9.47 Å². The first-order chi connectivity index (χ1) is 5.07. The Morgan fingerprint density at radius 2 is 2.00 bits per heavy atom. The fourth-order valence-electron chi connectivity index (χ4n) is 0.339. The molecule has 0 amide bonds. The van der Waals surface area contributed by atoms with Gasteiger partial charge in [-0.25, -0.2) is 9.59 Å². The Morgan fingerprint density at radius 1 is 1.45 bits per heavy atom. The van der Waals surface area contributed by atoms with E-state index in [1.165, 1.54) is 6.92 Å². The van der Waals surface area contributed by atoms with Crippen molar-refractivity contribution in [1.29, 1.82) is 0 Å². The zero-order valence-corrected chi connectivity index (χ0v) is 6.36. The minimum absolute atomic E-state index is 0.200. The second-order valence-electron chi connectivity index (χ2n) is 1.94. The van der Waals surface area contributed by atoms with Crippen LogP contribution in [0.1, 0.15) is 6.92 Å². The van der Waals surface area contributed by atoms with Gasteiger partial charge in [-0.15, -0.1) is 0 Å². The predicted octanol–water partition coefficient (Wildman–Crippen LogP) is -0.917. The van der Waals surface area contributed by atoms with Gasteiger partial charge in [0.15, 0.2) is 0 Å². The van der Waals surface area contributed by atoms with Gasteiger partial charge in [-0.1, -0.05) is 0 Å². The largest absolute Gasteiger partial charge is 0.461 e. The van der Waals surface area contributed by atoms with Gasteiger partial charge in [-0.05, 0) is 6.92 Å². The Balaban J connectivity index is 3.61. The Bertz CT molecular complexity index is 151. The molecule has 0 spiro atoms. The molecule has 5 heteroatoms. The van der Waals surface area contributed by atoms with Crippen LogP contribution < -0.4 is 0 Å². The number of ether oxygens (including phenoxy) is 2. The Labute approximate surface area is 63.9 Å². The number of rotatable bonds is 2. The number of hydrogen-bond donors (Lipinski definition) is 1. The molecule has 0 aliphatic carbocycles. The van der Waals surface area contributed by atoms with Crippen molar-refractivity contribution in [1.82, 2.24) is 0 Å². The average Bonchev–Trinajstić information content (AvgIpc) is 1.98. The molecule has 0 radical (unpaired) electrons. The highest BCUT2D eigenvalue weighted by Crippen LogP contribution is 1.86. The van der Waals surface area contributed by atoms with Gasteiger partial charge in [-0.2, -0.15) is 0 Å². The van der Waals surface area contributed by atoms with Crippen LogP contribution in [-0.4, -0.2) is 36.9 Å². The molecule has 11 heavy (non-hydrogen) atoms. The highest BCUT2D eigenvalue weighted by atomic mass is 16.6. The van der Waals surface area contributed by atoms with Gasteiger partial charge in [0.2, 0.25) is 0 Å². The van der Waals surface area contributed by atoms with E-state index in [-0.39, 0.29) is 6.61 Å². The van der Waals surface area contributed by atoms with Crippen LogP contribution in [0.2, 0.25) is 0 Å². The maximum Gasteiger partial charge on any atom is 0.417 e. The molecule has 0 bridgehead atoms. The quantitative estimate of drug-likeness (QED) is 0.420. The van der Waals surface area contributed by atoms with E-state index < -0.39 is 18.0 Å². The summed E-state index contributed by atoms with van der Waals surface area (Å²) in [4.78, 5) is 20.8. The van der Waals surface area contributed by atoms with Crippen molar-refractivity contribution in [3.8, 4) is 0 Å². The molecule has 0 saturated carbocycles. The van der Waals surface area contributed by atoms with Crippen LogP contribution in [0.25, 0.3) is 0 Å². The van der Waals surface area contributed by atoms with Gasteiger partial charge in [0.1, 0.15) is 6.61 Å². The first-order valence-corrected chi connectivity index (χ1v) is 3.01. The maximum absolute atomic E-state index is 10.5. The monoisotopic (exact) mass is 162 g/mol. The van der Waals surface area contributed by atoms with Crippen LogP contribution in [0.3, 0.4) is 0 Å². The normalized spacial score (nSPS) is 11.9. The summed E-state index contributed by atoms with van der Waals surface area (Å²) >= 11 is 0. The molecule has 5 nitrogen and oxygen atoms in total. The van der Waals surface area contributed by atoms with E-state index in [0.717, 1.165) is 7.11 Å². The highest BCUT2D eigenvalue weighted by Gasteiger charge is 2.15. The van der Waals surface area contributed by atoms with Crippen LogP contribution in [0, 0.1) is 0 Å². The number of methoxy groups -OCH3 is 1. The lowest BCUT2D eigenvalue weighted by Crippen LogP contribution is -2.22. The van der Waals surface area contributed by atoms with Gasteiger partial charge in [0, 0.05) is 0 Å². The van der Waals surface area contributed by atoms with E-state index >= 15 is 0 Å². The Hall–Kier alpha value is -1.10. The van der Waals surface area contributed by atoms with E-state index in [1.54, 1.807) is 0 Å². The summed E-state index contributed by atoms with van der Waals surface area (Å²) in [5.41, 5.74) is 0. The van der Waals surface area contributed by atoms with Gasteiger partial charge in [0.05, 0.1) is 13.2 Å². The minimum atomic E-state index is -1.09. The smallest absolute Gasteiger partial charge is 0.417 e. The Morgan fingerprint density at radius 3 is 2.36 bits per heavy atom. The number of aliphatic hydroxyl groups excluding tert-OH is 1. The lowest BCUT2D eigenvalue weighted by molar-refractivity contribution is -0.167. The molecule has 0 aromatic heterocycles. The maximum atomic E-state index is 10.5. The third-order valence-corrected chi connectivity index (χ3v) is 0.808. The summed E-state index contributed by atoms with van der Waals surface area (Å²) < 4.78 is 8.34. The molecule has 64 valence electrons. The van der Waals surface area contributed by atoms with Crippen LogP contribution >= 0.6 is 0 Å². The van der Waals surface area contributed by atoms with Crippen molar-refractivity contribution in [2.24, 2.45) is 0 Å². The standard InChI is InChI=1S/C6H10O5/c1-4(7)3-11-6(9)5(8)10-2/h4,7H,3H2,1-2H3. The molecule has 0 fully saturated rings. The molecule has 0 aromatic rings. The lowest BCUT2D eigenvalue weighted by atomic mass is 10.4. The van der Waals surface area contributed by atoms with E-state index in [0.29, 0.717) is 0 Å². The van der Waals surface area contributed by atoms with Crippen LogP contribution in [0.4, 0.5) is 0 Å². The fraction of sp³-hybridized carbons (Fsp3) is 0.667. The van der Waals surface area contributed by atoms with Gasteiger partial charge < -0.3 is 14.6 Å². The van der Waals surface area contributed by atoms with E-state index in [4.69, 9.17) is 5.11 Å². The molecule has 0 saturated heterocycles. The number of aliphatic hydroxyl groups is 1. The summed E-state index contributed by atoms with van der Waals surface area (Å²) in [5.74, 6) is -2.15. The van der Waals surface area contributed by atoms with Crippen molar-refractivity contribution in [3.05, 3.63) is 0 Å². The number of esters is 2. The van der Waals surface area contributed by atoms with Crippen LogP contribution in [0.15, 0.2) is 0 Å². The topological polar surface area (TPSA) is 72.8 Å². The molecule has 1 atom stereocenters. The first-order valence-electron chi connectivity index (χ1n) is 3.01. The van der Waals surface area contributed by atoms with Crippen molar-refractivity contribution in [2.75, 3.05) is 13.7 Å². The zero-order valence-electron chi connectivity index (χ0n) is 6.36. The van der Waals surface area contributed by atoms with Gasteiger partial charge in [0.25, 0.3) is 0 Å². The van der Waals surface area contributed by atoms with Gasteiger partial charge >= 0.3 is 11.9 Å². The van der Waals surface area contributed by atoms with E-state index in [9.17, 15) is 9.59 Å². The summed E-state index contributed by atoms with van der Waals surface area (Å²) in [6.07, 6.45) is -0.774. The molecule has 0 aromatic carbocycles. The van der Waals surface area contributed by atoms with Crippen molar-refractivity contribution >= 4 is 11.9 Å². The third-order valence-electron chi connectivity index (χ3n) is 0.808. The minimum Gasteiger partial charge on any atom is -0.461 e. The molecule has 0 rings (SSSR count). The zero-order chi connectivity index (χ0) is 8.85. The highest BCUT2D eigenvalue weighted by molar-refractivity contribution is 6.29. The summed E-state index contributed by atoms with van der Waals surface area (Å²) in [6.45, 7) is 1.23. The first kappa shape index (κ1) is 9.90. The second kappa shape index (κ2) is 4.68. The molecule has 1 N–H and O–H groups in total. The lowest BCUT2D eigenvalue weighted by Gasteiger charge is -2.03. The second-order valence-corrected chi connectivity index (χ2v) is 1.94. The van der Waals surface area contributed by atoms with Crippen molar-refractivity contribution in [2.45, 2.75) is 13.0 Å². The Kier molecular flexibility index (Phi) is 4.21. The summed E-state index contributed by atoms with van der Waals surface area (Å²) in [6, 6.07) is 0. The molecular weight excluding hydrogens is 152 g/mol. The van der Waals surface area contributed by atoms with Gasteiger partial charge in [-0.3, -0.25) is 0 Å². The summed E-state index contributed by atoms with van der Waals surface area (Å²) in [5, 5.41) is 8.63. The van der Waals surface area contributed by atoms with E-state index in [1.807, 2.05) is 0 Å². The predicted molar refractivity (Wildman–Crippen MR) is 34.7 cm³/mol. The number of carbonyl (C=O) groups is 2. The molecule has 0 aliphatic rings. The average molecular weight is 162 g/mol. The summed E-state index contributed by atoms with van der Waals surface area (Å²) in [7, 11) is 1.08. The SMILES string of the molecule is COC(=O)C(=O)OCC(C)O. The molecule has 0 aliphatic heterocycles. The molecule has 0 heterocycles. The third kappa shape index (κ3) is 4.32. The number of carbonyl (C=O) groups excluding carboxylic acids is 2. The van der Waals surface area contributed by atoms with Crippen LogP contribution in [-0.2, 0) is 19.1 Å². The number of hydrogen-bond acceptors (Lipinski definition) is 5. The van der Waals surface area contributed by atoms with Crippen molar-refractivity contribution in [3.63, 3.8) is 0 Å². The fourth-order valence-corrected chi connectivity index (χ4v) is 0.339. The van der Waals surface area contributed by atoms with Crippen LogP contribution in [0.5, 0.6) is 0 Å². The molecular formula is C6H10O5. The molecule has 1 unspecified atom stereocenters. The van der Waals surface area contributed by atoms with Crippen molar-refractivity contribution < 1.29 is 24.2 Å².